The number of likely N-dealkylation sites (tertiary alicyclic amines) is 1. The topological polar surface area (TPSA) is 96.4 Å². The van der Waals surface area contributed by atoms with E-state index in [9.17, 15) is 19.5 Å². The second-order valence-corrected chi connectivity index (χ2v) is 9.93. The molecule has 4 heterocycles. The first kappa shape index (κ1) is 24.0. The lowest BCUT2D eigenvalue weighted by Crippen LogP contribution is -2.59. The van der Waals surface area contributed by atoms with Crippen molar-refractivity contribution in [3.05, 3.63) is 24.3 Å². The van der Waals surface area contributed by atoms with E-state index in [2.05, 4.69) is 6.92 Å². The van der Waals surface area contributed by atoms with Crippen molar-refractivity contribution in [3.8, 4) is 0 Å². The molecule has 2 saturated heterocycles. The molecule has 0 saturated carbocycles. The maximum Gasteiger partial charge on any atom is 0.313 e. The molecule has 6 atom stereocenters. The normalized spacial score (nSPS) is 36.4. The van der Waals surface area contributed by atoms with Crippen LogP contribution in [0.2, 0.25) is 0 Å². The Morgan fingerprint density at radius 3 is 2.52 bits per heavy atom. The van der Waals surface area contributed by atoms with E-state index in [-0.39, 0.29) is 30.9 Å². The van der Waals surface area contributed by atoms with Crippen LogP contribution in [-0.4, -0.2) is 82.3 Å². The quantitative estimate of drug-likeness (QED) is 0.459. The minimum absolute atomic E-state index is 0.0872. The van der Waals surface area contributed by atoms with Crippen molar-refractivity contribution in [1.29, 1.82) is 0 Å². The average Bonchev–Trinajstić information content (AvgIpc) is 3.06. The Morgan fingerprint density at radius 2 is 1.88 bits per heavy atom. The van der Waals surface area contributed by atoms with E-state index in [1.807, 2.05) is 39.0 Å². The summed E-state index contributed by atoms with van der Waals surface area (Å²) in [6.45, 7) is 8.68. The van der Waals surface area contributed by atoms with Crippen molar-refractivity contribution >= 4 is 17.8 Å². The van der Waals surface area contributed by atoms with Crippen molar-refractivity contribution in [2.24, 2.45) is 17.8 Å². The maximum absolute atomic E-state index is 14.1. The lowest BCUT2D eigenvalue weighted by atomic mass is 9.73. The standard InChI is InChI=1S/C25H36N2O6/c1-5-7-12-26-13-8-11-25-18(19-23(31)32-14-9-10-24(19,6-2)33-25)21(29)27(20(25)22(26)30)17(15-28)16(3)4/h8-11,16-20,28H,5-7,12-15H2,1-4H3/t17-,18-,19+,20?,24-,25-/m0/s1. The first-order valence-electron chi connectivity index (χ1n) is 12.2. The number of aliphatic hydroxyl groups is 1. The Labute approximate surface area is 195 Å². The van der Waals surface area contributed by atoms with Gasteiger partial charge in [0.15, 0.2) is 0 Å². The average molecular weight is 461 g/mol. The molecule has 4 rings (SSSR count). The smallest absolute Gasteiger partial charge is 0.313 e. The molecule has 8 heteroatoms. The number of amides is 2. The van der Waals surface area contributed by atoms with Gasteiger partial charge in [0.2, 0.25) is 11.8 Å². The van der Waals surface area contributed by atoms with Crippen LogP contribution in [0.1, 0.15) is 47.0 Å². The highest BCUT2D eigenvalue weighted by Gasteiger charge is 2.76. The van der Waals surface area contributed by atoms with Crippen molar-refractivity contribution in [1.82, 2.24) is 9.80 Å². The van der Waals surface area contributed by atoms with Crippen LogP contribution in [0.4, 0.5) is 0 Å². The Balaban J connectivity index is 1.90. The predicted molar refractivity (Wildman–Crippen MR) is 121 cm³/mol. The number of carbonyl (C=O) groups is 3. The van der Waals surface area contributed by atoms with Gasteiger partial charge in [-0.15, -0.1) is 0 Å². The summed E-state index contributed by atoms with van der Waals surface area (Å²) >= 11 is 0. The Bertz CT molecular complexity index is 869. The van der Waals surface area contributed by atoms with Gasteiger partial charge in [-0.25, -0.2) is 0 Å². The van der Waals surface area contributed by atoms with Gasteiger partial charge in [0.1, 0.15) is 29.8 Å². The highest BCUT2D eigenvalue weighted by molar-refractivity contribution is 5.99. The van der Waals surface area contributed by atoms with Crippen LogP contribution in [0.25, 0.3) is 0 Å². The van der Waals surface area contributed by atoms with Crippen molar-refractivity contribution in [3.63, 3.8) is 0 Å². The number of fused-ring (bicyclic) bond motifs is 2. The van der Waals surface area contributed by atoms with Gasteiger partial charge in [-0.1, -0.05) is 52.3 Å². The van der Waals surface area contributed by atoms with E-state index < -0.39 is 41.1 Å². The zero-order valence-electron chi connectivity index (χ0n) is 20.0. The van der Waals surface area contributed by atoms with Crippen molar-refractivity contribution in [2.75, 3.05) is 26.3 Å². The number of aliphatic hydroxyl groups excluding tert-OH is 1. The molecule has 4 aliphatic heterocycles. The van der Waals surface area contributed by atoms with E-state index in [1.165, 1.54) is 4.90 Å². The van der Waals surface area contributed by atoms with Crippen LogP contribution in [0.3, 0.4) is 0 Å². The van der Waals surface area contributed by atoms with E-state index in [0.717, 1.165) is 12.8 Å². The molecule has 33 heavy (non-hydrogen) atoms. The number of nitrogens with zero attached hydrogens (tertiary/aromatic N) is 2. The molecule has 1 unspecified atom stereocenters. The summed E-state index contributed by atoms with van der Waals surface area (Å²) in [5, 5.41) is 10.2. The number of unbranched alkanes of at least 4 members (excludes halogenated alkanes) is 1. The molecule has 4 aliphatic rings. The van der Waals surface area contributed by atoms with Gasteiger partial charge in [-0.3, -0.25) is 14.4 Å². The fourth-order valence-electron chi connectivity index (χ4n) is 6.11. The van der Waals surface area contributed by atoms with Crippen molar-refractivity contribution < 1.29 is 29.0 Å². The molecule has 0 radical (unpaired) electrons. The fraction of sp³-hybridized carbons (Fsp3) is 0.720. The molecule has 0 bridgehead atoms. The van der Waals surface area contributed by atoms with Crippen LogP contribution in [0.5, 0.6) is 0 Å². The van der Waals surface area contributed by atoms with E-state index in [1.54, 1.807) is 11.0 Å². The van der Waals surface area contributed by atoms with Crippen molar-refractivity contribution in [2.45, 2.75) is 70.2 Å². The Hall–Kier alpha value is -2.19. The zero-order chi connectivity index (χ0) is 24.0. The summed E-state index contributed by atoms with van der Waals surface area (Å²) in [4.78, 5) is 44.6. The number of esters is 1. The number of carbonyl (C=O) groups excluding carboxylic acids is 3. The Kier molecular flexibility index (Phi) is 6.44. The molecule has 2 fully saturated rings. The largest absolute Gasteiger partial charge is 0.461 e. The van der Waals surface area contributed by atoms with Gasteiger partial charge >= 0.3 is 5.97 Å². The molecular formula is C25H36N2O6. The third-order valence-electron chi connectivity index (χ3n) is 7.81. The molecular weight excluding hydrogens is 424 g/mol. The van der Waals surface area contributed by atoms with Gasteiger partial charge in [-0.2, -0.15) is 0 Å². The molecule has 0 aromatic rings. The number of hydrogen-bond donors (Lipinski definition) is 1. The molecule has 0 aromatic carbocycles. The second-order valence-electron chi connectivity index (χ2n) is 9.93. The number of hydrogen-bond acceptors (Lipinski definition) is 6. The van der Waals surface area contributed by atoms with Crippen LogP contribution in [-0.2, 0) is 23.9 Å². The molecule has 0 aromatic heterocycles. The van der Waals surface area contributed by atoms with E-state index in [4.69, 9.17) is 9.47 Å². The molecule has 2 amide bonds. The summed E-state index contributed by atoms with van der Waals surface area (Å²) in [6.07, 6.45) is 9.59. The molecule has 8 nitrogen and oxygen atoms in total. The maximum atomic E-state index is 14.1. The first-order chi connectivity index (χ1) is 15.8. The monoisotopic (exact) mass is 460 g/mol. The minimum atomic E-state index is -1.29. The third-order valence-corrected chi connectivity index (χ3v) is 7.81. The second kappa shape index (κ2) is 8.87. The van der Waals surface area contributed by atoms with Crippen LogP contribution >= 0.6 is 0 Å². The van der Waals surface area contributed by atoms with Gasteiger partial charge in [0.05, 0.1) is 18.6 Å². The van der Waals surface area contributed by atoms with Crippen LogP contribution in [0, 0.1) is 17.8 Å². The highest BCUT2D eigenvalue weighted by Crippen LogP contribution is 2.58. The highest BCUT2D eigenvalue weighted by atomic mass is 16.6. The summed E-state index contributed by atoms with van der Waals surface area (Å²) < 4.78 is 12.2. The lowest BCUT2D eigenvalue weighted by molar-refractivity contribution is -0.162. The summed E-state index contributed by atoms with van der Waals surface area (Å²) in [5.41, 5.74) is -2.31. The van der Waals surface area contributed by atoms with Gasteiger partial charge in [0, 0.05) is 13.1 Å². The molecule has 1 N–H and O–H groups in total. The van der Waals surface area contributed by atoms with Gasteiger partial charge in [-0.05, 0) is 24.8 Å². The summed E-state index contributed by atoms with van der Waals surface area (Å²) in [6, 6.07) is -1.51. The van der Waals surface area contributed by atoms with Gasteiger partial charge in [0.25, 0.3) is 0 Å². The van der Waals surface area contributed by atoms with Gasteiger partial charge < -0.3 is 24.4 Å². The van der Waals surface area contributed by atoms with Crippen LogP contribution in [0.15, 0.2) is 24.3 Å². The number of rotatable bonds is 7. The first-order valence-corrected chi connectivity index (χ1v) is 12.2. The Morgan fingerprint density at radius 1 is 1.12 bits per heavy atom. The van der Waals surface area contributed by atoms with E-state index >= 15 is 0 Å². The number of cyclic esters (lactones) is 1. The predicted octanol–water partition coefficient (Wildman–Crippen LogP) is 1.68. The molecule has 182 valence electrons. The van der Waals surface area contributed by atoms with E-state index in [0.29, 0.717) is 19.5 Å². The number of ether oxygens (including phenoxy) is 2. The zero-order valence-corrected chi connectivity index (χ0v) is 20.0. The summed E-state index contributed by atoms with van der Waals surface area (Å²) in [5.74, 6) is -2.82. The lowest BCUT2D eigenvalue weighted by Gasteiger charge is -2.41. The summed E-state index contributed by atoms with van der Waals surface area (Å²) in [7, 11) is 0. The van der Waals surface area contributed by atoms with Crippen LogP contribution < -0.4 is 0 Å². The molecule has 0 aliphatic carbocycles. The SMILES string of the molecule is CCCCN1CC=C[C@]23O[C@@]4(CC)C=CCOC(=O)[C@H]4[C@H]2C(=O)N([C@@H](CO)C(C)C)C3C1=O. The minimum Gasteiger partial charge on any atom is -0.461 e. The fourth-order valence-corrected chi connectivity index (χ4v) is 6.11. The molecule has 1 spiro atoms. The third kappa shape index (κ3) is 3.44.